The van der Waals surface area contributed by atoms with Gasteiger partial charge >= 0.3 is 5.97 Å². The summed E-state index contributed by atoms with van der Waals surface area (Å²) in [6, 6.07) is 10.5. The number of hydrogen-bond donors (Lipinski definition) is 2. The van der Waals surface area contributed by atoms with E-state index < -0.39 is 22.3 Å². The van der Waals surface area contributed by atoms with E-state index in [9.17, 15) is 14.7 Å². The molecule has 2 heterocycles. The molecule has 7 nitrogen and oxygen atoms in total. The van der Waals surface area contributed by atoms with E-state index in [1.807, 2.05) is 36.4 Å². The van der Waals surface area contributed by atoms with Gasteiger partial charge in [-0.15, -0.1) is 0 Å². The molecule has 0 saturated heterocycles. The molecule has 1 aromatic carbocycles. The van der Waals surface area contributed by atoms with E-state index in [1.54, 1.807) is 18.6 Å². The number of fused-ring (bicyclic) bond motifs is 1. The van der Waals surface area contributed by atoms with E-state index >= 15 is 0 Å². The number of aliphatic carboxylic acids is 1. The van der Waals surface area contributed by atoms with Gasteiger partial charge in [0.05, 0.1) is 5.41 Å². The number of carboxylic acid groups (broad SMARTS) is 1. The lowest BCUT2D eigenvalue weighted by Gasteiger charge is -2.47. The number of hydrogen-bond acceptors (Lipinski definition) is 6. The van der Waals surface area contributed by atoms with Crippen molar-refractivity contribution in [1.29, 1.82) is 0 Å². The first-order valence-electron chi connectivity index (χ1n) is 11.5. The second kappa shape index (κ2) is 9.25. The SMILES string of the molecule is O=C(O)[C@H](Cc1ccc(Nc2nccc3ccncc23)cc1)N=C1C(Br)C(=O)C12CCCCC2. The fourth-order valence-electron chi connectivity index (χ4n) is 5.05. The summed E-state index contributed by atoms with van der Waals surface area (Å²) in [6.07, 6.45) is 10.2. The molecule has 2 aliphatic rings. The van der Waals surface area contributed by atoms with Crippen LogP contribution in [0.4, 0.5) is 11.5 Å². The van der Waals surface area contributed by atoms with Crippen molar-refractivity contribution in [2.45, 2.75) is 49.4 Å². The lowest BCUT2D eigenvalue weighted by atomic mass is 9.58. The molecule has 2 fully saturated rings. The molecular formula is C26H25BrN4O3. The van der Waals surface area contributed by atoms with Crippen LogP contribution in [0.3, 0.4) is 0 Å². The number of anilines is 2. The molecule has 5 rings (SSSR count). The standard InChI is InChI=1S/C26H25BrN4O3/c27-21-22(26(23(21)32)10-2-1-3-11-26)31-20(25(33)34)14-16-4-6-18(7-5-16)30-24-19-15-28-12-8-17(19)9-13-29-24/h4-9,12-13,15,20-21H,1-3,10-11,14H2,(H,29,30)(H,33,34)/t20-,21?/m0/s1. The number of carbonyl (C=O) groups is 2. The molecule has 34 heavy (non-hydrogen) atoms. The molecule has 1 spiro atoms. The van der Waals surface area contributed by atoms with Crippen molar-refractivity contribution in [1.82, 2.24) is 9.97 Å². The monoisotopic (exact) mass is 520 g/mol. The number of rotatable bonds is 6. The molecule has 3 aromatic rings. The minimum Gasteiger partial charge on any atom is -0.480 e. The Morgan fingerprint density at radius 2 is 1.88 bits per heavy atom. The van der Waals surface area contributed by atoms with Gasteiger partial charge in [-0.25, -0.2) is 9.78 Å². The van der Waals surface area contributed by atoms with Gasteiger partial charge in [-0.1, -0.05) is 47.3 Å². The molecule has 174 valence electrons. The van der Waals surface area contributed by atoms with Gasteiger partial charge in [0.1, 0.15) is 10.6 Å². The van der Waals surface area contributed by atoms with Crippen molar-refractivity contribution in [3.63, 3.8) is 0 Å². The van der Waals surface area contributed by atoms with E-state index in [4.69, 9.17) is 0 Å². The van der Waals surface area contributed by atoms with Crippen LogP contribution in [0.5, 0.6) is 0 Å². The molecule has 0 radical (unpaired) electrons. The zero-order valence-corrected chi connectivity index (χ0v) is 20.2. The lowest BCUT2D eigenvalue weighted by molar-refractivity contribution is -0.138. The molecule has 0 amide bonds. The Balaban J connectivity index is 1.33. The van der Waals surface area contributed by atoms with Crippen LogP contribution in [0.15, 0.2) is 60.0 Å². The average Bonchev–Trinajstić information content (AvgIpc) is 2.87. The van der Waals surface area contributed by atoms with Crippen molar-refractivity contribution in [2.24, 2.45) is 10.4 Å². The summed E-state index contributed by atoms with van der Waals surface area (Å²) in [5.74, 6) is -0.112. The highest BCUT2D eigenvalue weighted by Gasteiger charge is 2.58. The van der Waals surface area contributed by atoms with Gasteiger partial charge in [0.15, 0.2) is 11.8 Å². The molecule has 1 unspecified atom stereocenters. The molecular weight excluding hydrogens is 496 g/mol. The van der Waals surface area contributed by atoms with Gasteiger partial charge in [-0.3, -0.25) is 14.8 Å². The molecule has 0 bridgehead atoms. The van der Waals surface area contributed by atoms with Gasteiger partial charge in [-0.05, 0) is 48.1 Å². The number of nitrogens with zero attached hydrogens (tertiary/aromatic N) is 3. The second-order valence-electron chi connectivity index (χ2n) is 9.02. The minimum absolute atomic E-state index is 0.155. The molecule has 2 atom stereocenters. The predicted octanol–water partition coefficient (Wildman–Crippen LogP) is 5.11. The Morgan fingerprint density at radius 1 is 1.15 bits per heavy atom. The van der Waals surface area contributed by atoms with Crippen LogP contribution in [0.2, 0.25) is 0 Å². The molecule has 2 aliphatic carbocycles. The highest BCUT2D eigenvalue weighted by molar-refractivity contribution is 9.10. The summed E-state index contributed by atoms with van der Waals surface area (Å²) in [5, 5.41) is 15.1. The number of ketones is 1. The van der Waals surface area contributed by atoms with E-state index in [0.717, 1.165) is 59.8 Å². The Morgan fingerprint density at radius 3 is 2.62 bits per heavy atom. The number of pyridine rings is 2. The number of alkyl halides is 1. The van der Waals surface area contributed by atoms with E-state index in [1.165, 1.54) is 0 Å². The van der Waals surface area contributed by atoms with E-state index in [2.05, 4.69) is 36.2 Å². The van der Waals surface area contributed by atoms with E-state index in [-0.39, 0.29) is 12.2 Å². The Hall–Kier alpha value is -3.13. The third kappa shape index (κ3) is 4.11. The van der Waals surface area contributed by atoms with Gasteiger partial charge in [0.2, 0.25) is 0 Å². The maximum absolute atomic E-state index is 12.6. The van der Waals surface area contributed by atoms with Crippen LogP contribution in [-0.2, 0) is 16.0 Å². The molecule has 8 heteroatoms. The lowest BCUT2D eigenvalue weighted by Crippen LogP contribution is -2.61. The maximum atomic E-state index is 12.6. The summed E-state index contributed by atoms with van der Waals surface area (Å²) in [5.41, 5.74) is 1.88. The summed E-state index contributed by atoms with van der Waals surface area (Å²) in [7, 11) is 0. The average molecular weight is 521 g/mol. The molecule has 2 saturated carbocycles. The number of Topliss-reactive ketones (excluding diaryl/α,β-unsaturated/α-hetero) is 1. The van der Waals surface area contributed by atoms with Crippen molar-refractivity contribution >= 4 is 55.7 Å². The highest BCUT2D eigenvalue weighted by atomic mass is 79.9. The number of benzene rings is 1. The third-order valence-corrected chi connectivity index (χ3v) is 7.78. The Kier molecular flexibility index (Phi) is 6.16. The molecule has 2 N–H and O–H groups in total. The quantitative estimate of drug-likeness (QED) is 0.437. The van der Waals surface area contributed by atoms with E-state index in [0.29, 0.717) is 5.82 Å². The summed E-state index contributed by atoms with van der Waals surface area (Å²) in [6.45, 7) is 0. The van der Waals surface area contributed by atoms with Crippen molar-refractivity contribution < 1.29 is 14.7 Å². The van der Waals surface area contributed by atoms with Crippen LogP contribution in [0.1, 0.15) is 37.7 Å². The number of halogens is 1. The number of carboxylic acids is 1. The van der Waals surface area contributed by atoms with Crippen molar-refractivity contribution in [2.75, 3.05) is 5.32 Å². The predicted molar refractivity (Wildman–Crippen MR) is 135 cm³/mol. The first kappa shape index (κ1) is 22.7. The van der Waals surface area contributed by atoms with Crippen molar-refractivity contribution in [3.05, 3.63) is 60.6 Å². The molecule has 0 aliphatic heterocycles. The summed E-state index contributed by atoms with van der Waals surface area (Å²) >= 11 is 3.43. The number of nitrogens with one attached hydrogen (secondary N) is 1. The number of carbonyl (C=O) groups excluding carboxylic acids is 1. The summed E-state index contributed by atoms with van der Waals surface area (Å²) < 4.78 is 0. The topological polar surface area (TPSA) is 105 Å². The Labute approximate surface area is 205 Å². The number of aromatic nitrogens is 2. The zero-order valence-electron chi connectivity index (χ0n) is 18.6. The second-order valence-corrected chi connectivity index (χ2v) is 9.94. The third-order valence-electron chi connectivity index (χ3n) is 6.93. The van der Waals surface area contributed by atoms with Crippen LogP contribution >= 0.6 is 15.9 Å². The first-order chi connectivity index (χ1) is 16.5. The molecule has 2 aromatic heterocycles. The fourth-order valence-corrected chi connectivity index (χ4v) is 6.05. The maximum Gasteiger partial charge on any atom is 0.328 e. The van der Waals surface area contributed by atoms with Crippen molar-refractivity contribution in [3.8, 4) is 0 Å². The van der Waals surface area contributed by atoms with Crippen LogP contribution in [0.25, 0.3) is 10.8 Å². The summed E-state index contributed by atoms with van der Waals surface area (Å²) in [4.78, 5) is 37.4. The Bertz CT molecular complexity index is 1260. The largest absolute Gasteiger partial charge is 0.480 e. The first-order valence-corrected chi connectivity index (χ1v) is 12.4. The van der Waals surface area contributed by atoms with Gasteiger partial charge in [0, 0.05) is 41.8 Å². The normalized spacial score (nSPS) is 21.4. The minimum atomic E-state index is -0.979. The van der Waals surface area contributed by atoms with Gasteiger partial charge in [0.25, 0.3) is 0 Å². The number of aliphatic imine (C=N–C) groups is 1. The fraction of sp³-hybridized carbons (Fsp3) is 0.346. The van der Waals surface area contributed by atoms with Gasteiger partial charge in [-0.2, -0.15) is 0 Å². The highest BCUT2D eigenvalue weighted by Crippen LogP contribution is 2.49. The van der Waals surface area contributed by atoms with Crippen LogP contribution < -0.4 is 5.32 Å². The zero-order chi connectivity index (χ0) is 23.7. The van der Waals surface area contributed by atoms with Crippen LogP contribution in [0, 0.1) is 5.41 Å². The smallest absolute Gasteiger partial charge is 0.328 e. The van der Waals surface area contributed by atoms with Crippen LogP contribution in [-0.4, -0.2) is 43.4 Å². The van der Waals surface area contributed by atoms with Gasteiger partial charge < -0.3 is 10.4 Å².